The van der Waals surface area contributed by atoms with Gasteiger partial charge >= 0.3 is 0 Å². The summed E-state index contributed by atoms with van der Waals surface area (Å²) in [6.45, 7) is 1.47. The fourth-order valence-corrected chi connectivity index (χ4v) is 2.87. The first-order valence-corrected chi connectivity index (χ1v) is 8.03. The third kappa shape index (κ3) is 4.17. The molecule has 0 spiro atoms. The molecule has 2 aromatic rings. The predicted molar refractivity (Wildman–Crippen MR) is 86.5 cm³/mol. The third-order valence-electron chi connectivity index (χ3n) is 4.13. The monoisotopic (exact) mass is 331 g/mol. The zero-order valence-electron chi connectivity index (χ0n) is 13.3. The molecule has 2 aromatic carbocycles. The summed E-state index contributed by atoms with van der Waals surface area (Å²) >= 11 is 0. The third-order valence-corrected chi connectivity index (χ3v) is 4.13. The maximum absolute atomic E-state index is 13.2. The second-order valence-corrected chi connectivity index (χ2v) is 5.96. The largest absolute Gasteiger partial charge is 0.372 e. The molecule has 0 unspecified atom stereocenters. The molecule has 24 heavy (non-hydrogen) atoms. The van der Waals surface area contributed by atoms with Crippen LogP contribution in [0.5, 0.6) is 0 Å². The van der Waals surface area contributed by atoms with Crippen LogP contribution in [0.4, 0.5) is 8.78 Å². The molecule has 0 radical (unpaired) electrons. The van der Waals surface area contributed by atoms with E-state index in [0.717, 1.165) is 18.4 Å². The number of nitrogens with zero attached hydrogens (tertiary/aromatic N) is 1. The van der Waals surface area contributed by atoms with Gasteiger partial charge in [0, 0.05) is 18.7 Å². The van der Waals surface area contributed by atoms with Gasteiger partial charge in [-0.2, -0.15) is 0 Å². The van der Waals surface area contributed by atoms with Crippen LogP contribution in [0.2, 0.25) is 0 Å². The van der Waals surface area contributed by atoms with Gasteiger partial charge in [0.1, 0.15) is 11.6 Å². The lowest BCUT2D eigenvalue weighted by atomic mass is 10.1. The lowest BCUT2D eigenvalue weighted by Crippen LogP contribution is -2.43. The number of ether oxygens (including phenoxy) is 1. The molecule has 0 saturated carbocycles. The van der Waals surface area contributed by atoms with Crippen molar-refractivity contribution >= 4 is 5.91 Å². The Morgan fingerprint density at radius 3 is 2.67 bits per heavy atom. The number of amides is 1. The molecule has 5 heteroatoms. The fraction of sp³-hybridized carbons (Fsp3) is 0.316. The summed E-state index contributed by atoms with van der Waals surface area (Å²) in [5, 5.41) is 0. The maximum atomic E-state index is 13.2. The molecular weight excluding hydrogens is 312 g/mol. The van der Waals surface area contributed by atoms with Crippen molar-refractivity contribution in [3.63, 3.8) is 0 Å². The summed E-state index contributed by atoms with van der Waals surface area (Å²) in [5.41, 5.74) is 1.25. The van der Waals surface area contributed by atoms with Crippen molar-refractivity contribution in [3.05, 3.63) is 71.3 Å². The summed E-state index contributed by atoms with van der Waals surface area (Å²) in [7, 11) is 0. The average molecular weight is 331 g/mol. The molecule has 1 heterocycles. The van der Waals surface area contributed by atoms with Gasteiger partial charge in [0.25, 0.3) is 5.91 Å². The zero-order valence-corrected chi connectivity index (χ0v) is 13.3. The maximum Gasteiger partial charge on any atom is 0.253 e. The van der Waals surface area contributed by atoms with Crippen molar-refractivity contribution in [3.8, 4) is 0 Å². The second kappa shape index (κ2) is 7.53. The first kappa shape index (κ1) is 16.6. The van der Waals surface area contributed by atoms with Gasteiger partial charge in [-0.25, -0.2) is 8.78 Å². The molecule has 126 valence electrons. The molecular formula is C19H19F2NO2. The first-order valence-electron chi connectivity index (χ1n) is 8.03. The van der Waals surface area contributed by atoms with Crippen molar-refractivity contribution in [2.75, 3.05) is 13.1 Å². The Morgan fingerprint density at radius 2 is 1.92 bits per heavy atom. The number of hydrogen-bond acceptors (Lipinski definition) is 2. The summed E-state index contributed by atoms with van der Waals surface area (Å²) in [4.78, 5) is 14.2. The smallest absolute Gasteiger partial charge is 0.253 e. The van der Waals surface area contributed by atoms with Gasteiger partial charge in [-0.15, -0.1) is 0 Å². The molecule has 3 rings (SSSR count). The summed E-state index contributed by atoms with van der Waals surface area (Å²) in [6.07, 6.45) is 1.63. The molecule has 1 amide bonds. The fourth-order valence-electron chi connectivity index (χ4n) is 2.87. The number of carbonyl (C=O) groups excluding carboxylic acids is 1. The topological polar surface area (TPSA) is 29.5 Å². The Morgan fingerprint density at radius 1 is 1.12 bits per heavy atom. The van der Waals surface area contributed by atoms with Crippen LogP contribution in [-0.4, -0.2) is 30.0 Å². The lowest BCUT2D eigenvalue weighted by Gasteiger charge is -2.32. The van der Waals surface area contributed by atoms with Gasteiger partial charge in [-0.05, 0) is 54.8 Å². The molecule has 1 aliphatic rings. The van der Waals surface area contributed by atoms with E-state index < -0.39 is 0 Å². The number of carbonyl (C=O) groups is 1. The molecule has 0 aliphatic carbocycles. The highest BCUT2D eigenvalue weighted by Crippen LogP contribution is 2.18. The molecule has 1 saturated heterocycles. The Hall–Kier alpha value is -2.27. The van der Waals surface area contributed by atoms with E-state index in [1.165, 1.54) is 36.4 Å². The Kier molecular flexibility index (Phi) is 5.20. The van der Waals surface area contributed by atoms with E-state index in [9.17, 15) is 13.6 Å². The van der Waals surface area contributed by atoms with Gasteiger partial charge in [0.15, 0.2) is 0 Å². The molecule has 0 aromatic heterocycles. The van der Waals surface area contributed by atoms with Crippen molar-refractivity contribution in [1.82, 2.24) is 4.90 Å². The number of piperidine rings is 1. The van der Waals surface area contributed by atoms with Gasteiger partial charge in [-0.1, -0.05) is 12.1 Å². The minimum atomic E-state index is -0.360. The highest BCUT2D eigenvalue weighted by atomic mass is 19.1. The van der Waals surface area contributed by atoms with E-state index >= 15 is 0 Å². The van der Waals surface area contributed by atoms with Gasteiger partial charge < -0.3 is 9.64 Å². The van der Waals surface area contributed by atoms with Crippen molar-refractivity contribution in [1.29, 1.82) is 0 Å². The Balaban J connectivity index is 1.57. The van der Waals surface area contributed by atoms with Crippen LogP contribution in [0, 0.1) is 11.6 Å². The first-order chi connectivity index (χ1) is 11.6. The summed E-state index contributed by atoms with van der Waals surface area (Å²) in [6, 6.07) is 11.9. The van der Waals surface area contributed by atoms with Gasteiger partial charge in [0.05, 0.1) is 12.7 Å². The van der Waals surface area contributed by atoms with E-state index in [0.29, 0.717) is 25.3 Å². The van der Waals surface area contributed by atoms with Crippen molar-refractivity contribution < 1.29 is 18.3 Å². The van der Waals surface area contributed by atoms with E-state index in [1.807, 2.05) is 6.07 Å². The van der Waals surface area contributed by atoms with Crippen LogP contribution in [0.25, 0.3) is 0 Å². The molecule has 0 N–H and O–H groups in total. The minimum Gasteiger partial charge on any atom is -0.372 e. The number of halogens is 2. The molecule has 1 atom stereocenters. The van der Waals surface area contributed by atoms with E-state index in [2.05, 4.69) is 0 Å². The van der Waals surface area contributed by atoms with Crippen molar-refractivity contribution in [2.45, 2.75) is 25.6 Å². The van der Waals surface area contributed by atoms with Gasteiger partial charge in [-0.3, -0.25) is 4.79 Å². The zero-order chi connectivity index (χ0) is 16.9. The quantitative estimate of drug-likeness (QED) is 0.853. The van der Waals surface area contributed by atoms with E-state index in [1.54, 1.807) is 11.0 Å². The molecule has 1 fully saturated rings. The average Bonchev–Trinajstić information content (AvgIpc) is 2.60. The predicted octanol–water partition coefficient (Wildman–Crippen LogP) is 3.79. The summed E-state index contributed by atoms with van der Waals surface area (Å²) < 4.78 is 32.0. The Bertz CT molecular complexity index is 703. The van der Waals surface area contributed by atoms with Crippen LogP contribution < -0.4 is 0 Å². The molecule has 1 aliphatic heterocycles. The SMILES string of the molecule is O=C(c1ccc(F)cc1)N1CCC[C@H](OCc2cccc(F)c2)C1. The minimum absolute atomic E-state index is 0.0774. The van der Waals surface area contributed by atoms with Crippen molar-refractivity contribution in [2.24, 2.45) is 0 Å². The lowest BCUT2D eigenvalue weighted by molar-refractivity contribution is -0.00679. The van der Waals surface area contributed by atoms with E-state index in [-0.39, 0.29) is 23.6 Å². The number of likely N-dealkylation sites (tertiary alicyclic amines) is 1. The normalized spacial score (nSPS) is 17.8. The Labute approximate surface area is 139 Å². The highest BCUT2D eigenvalue weighted by Gasteiger charge is 2.25. The number of rotatable bonds is 4. The second-order valence-electron chi connectivity index (χ2n) is 5.96. The van der Waals surface area contributed by atoms with Crippen LogP contribution in [0.3, 0.4) is 0 Å². The standard InChI is InChI=1S/C19H19F2NO2/c20-16-8-6-15(7-9-16)19(23)22-10-2-5-18(12-22)24-13-14-3-1-4-17(21)11-14/h1,3-4,6-9,11,18H,2,5,10,12-13H2/t18-/m0/s1. The number of hydrogen-bond donors (Lipinski definition) is 0. The van der Waals surface area contributed by atoms with Crippen LogP contribution in [-0.2, 0) is 11.3 Å². The van der Waals surface area contributed by atoms with E-state index in [4.69, 9.17) is 4.74 Å². The van der Waals surface area contributed by atoms with Crippen LogP contribution in [0.1, 0.15) is 28.8 Å². The van der Waals surface area contributed by atoms with Crippen LogP contribution >= 0.6 is 0 Å². The highest BCUT2D eigenvalue weighted by molar-refractivity contribution is 5.94. The molecule has 3 nitrogen and oxygen atoms in total. The molecule has 0 bridgehead atoms. The van der Waals surface area contributed by atoms with Gasteiger partial charge in [0.2, 0.25) is 0 Å². The summed E-state index contributed by atoms with van der Waals surface area (Å²) in [5.74, 6) is -0.761. The van der Waals surface area contributed by atoms with Crippen LogP contribution in [0.15, 0.2) is 48.5 Å². The number of benzene rings is 2.